The van der Waals surface area contributed by atoms with Gasteiger partial charge in [-0.1, -0.05) is 0 Å². The van der Waals surface area contributed by atoms with Crippen molar-refractivity contribution in [1.29, 1.82) is 0 Å². The highest BCUT2D eigenvalue weighted by Gasteiger charge is 2.24. The molecular formula is C18H30IN3O3. The molecule has 25 heavy (non-hydrogen) atoms. The Bertz CT molecular complexity index is 554. The van der Waals surface area contributed by atoms with Crippen LogP contribution in [0.25, 0.3) is 0 Å². The number of aliphatic imine (C=N–C) groups is 1. The second-order valence-corrected chi connectivity index (χ2v) is 5.96. The fourth-order valence-electron chi connectivity index (χ4n) is 3.12. The summed E-state index contributed by atoms with van der Waals surface area (Å²) >= 11 is 0. The van der Waals surface area contributed by atoms with Crippen LogP contribution < -0.4 is 14.8 Å². The van der Waals surface area contributed by atoms with E-state index in [4.69, 9.17) is 14.2 Å². The lowest BCUT2D eigenvalue weighted by Crippen LogP contribution is -2.41. The number of methoxy groups -OCH3 is 3. The topological polar surface area (TPSA) is 55.3 Å². The Morgan fingerprint density at radius 1 is 1.28 bits per heavy atom. The quantitative estimate of drug-likeness (QED) is 0.383. The van der Waals surface area contributed by atoms with E-state index in [1.54, 1.807) is 21.3 Å². The highest BCUT2D eigenvalue weighted by Crippen LogP contribution is 2.24. The van der Waals surface area contributed by atoms with Gasteiger partial charge in [0.2, 0.25) is 0 Å². The third-order valence-corrected chi connectivity index (χ3v) is 4.36. The lowest BCUT2D eigenvalue weighted by atomic mass is 10.1. The zero-order valence-electron chi connectivity index (χ0n) is 15.6. The highest BCUT2D eigenvalue weighted by atomic mass is 127. The van der Waals surface area contributed by atoms with Gasteiger partial charge in [0.05, 0.1) is 20.8 Å². The molecule has 0 radical (unpaired) electrons. The molecule has 1 fully saturated rings. The van der Waals surface area contributed by atoms with Gasteiger partial charge < -0.3 is 24.4 Å². The summed E-state index contributed by atoms with van der Waals surface area (Å²) < 4.78 is 16.0. The number of nitrogens with zero attached hydrogens (tertiary/aromatic N) is 2. The van der Waals surface area contributed by atoms with E-state index in [0.717, 1.165) is 62.1 Å². The fourth-order valence-corrected chi connectivity index (χ4v) is 3.12. The number of guanidine groups is 1. The molecule has 0 spiro atoms. The molecule has 1 atom stereocenters. The van der Waals surface area contributed by atoms with Crippen molar-refractivity contribution in [3.63, 3.8) is 0 Å². The largest absolute Gasteiger partial charge is 0.497 e. The monoisotopic (exact) mass is 463 g/mol. The number of ether oxygens (including phenoxy) is 3. The minimum atomic E-state index is 0. The minimum absolute atomic E-state index is 0. The van der Waals surface area contributed by atoms with Crippen LogP contribution in [0.1, 0.15) is 12.0 Å². The van der Waals surface area contributed by atoms with Crippen molar-refractivity contribution in [3.05, 3.63) is 23.8 Å². The van der Waals surface area contributed by atoms with Crippen molar-refractivity contribution in [3.8, 4) is 11.5 Å². The summed E-state index contributed by atoms with van der Waals surface area (Å²) in [5, 5.41) is 3.45. The van der Waals surface area contributed by atoms with Crippen LogP contribution in [-0.4, -0.2) is 65.5 Å². The number of hydrogen-bond acceptors (Lipinski definition) is 4. The highest BCUT2D eigenvalue weighted by molar-refractivity contribution is 14.0. The van der Waals surface area contributed by atoms with Crippen LogP contribution in [-0.2, 0) is 11.2 Å². The summed E-state index contributed by atoms with van der Waals surface area (Å²) in [5.41, 5.74) is 1.12. The number of rotatable bonds is 7. The molecule has 0 bridgehead atoms. The van der Waals surface area contributed by atoms with Gasteiger partial charge >= 0.3 is 0 Å². The van der Waals surface area contributed by atoms with Crippen molar-refractivity contribution in [2.45, 2.75) is 12.8 Å². The van der Waals surface area contributed by atoms with E-state index >= 15 is 0 Å². The summed E-state index contributed by atoms with van der Waals surface area (Å²) in [5.74, 6) is 3.27. The number of benzene rings is 1. The average molecular weight is 463 g/mol. The molecule has 1 unspecified atom stereocenters. The van der Waals surface area contributed by atoms with E-state index in [1.165, 1.54) is 0 Å². The molecule has 0 amide bonds. The molecule has 1 heterocycles. The normalized spacial score (nSPS) is 17.2. The van der Waals surface area contributed by atoms with Gasteiger partial charge in [-0.2, -0.15) is 0 Å². The van der Waals surface area contributed by atoms with Gasteiger partial charge in [-0.15, -0.1) is 24.0 Å². The lowest BCUT2D eigenvalue weighted by molar-refractivity contribution is 0.157. The maximum atomic E-state index is 5.43. The van der Waals surface area contributed by atoms with E-state index < -0.39 is 0 Å². The van der Waals surface area contributed by atoms with Gasteiger partial charge in [0.1, 0.15) is 11.5 Å². The second-order valence-electron chi connectivity index (χ2n) is 5.96. The smallest absolute Gasteiger partial charge is 0.193 e. The van der Waals surface area contributed by atoms with Gasteiger partial charge in [-0.05, 0) is 36.6 Å². The molecule has 6 nitrogen and oxygen atoms in total. The third kappa shape index (κ3) is 6.22. The molecule has 0 saturated carbocycles. The molecule has 0 aromatic heterocycles. The maximum Gasteiger partial charge on any atom is 0.193 e. The Kier molecular flexibility index (Phi) is 9.96. The van der Waals surface area contributed by atoms with Crippen molar-refractivity contribution in [1.82, 2.24) is 10.2 Å². The average Bonchev–Trinajstić information content (AvgIpc) is 3.07. The predicted molar refractivity (Wildman–Crippen MR) is 112 cm³/mol. The standard InChI is InChI=1S/C18H29N3O3.HI/c1-19-18(21-10-8-14(12-21)13-22-2)20-9-7-15-11-16(23-3)5-6-17(15)24-4;/h5-6,11,14H,7-10,12-13H2,1-4H3,(H,19,20);1H. The van der Waals surface area contributed by atoms with E-state index in [2.05, 4.69) is 15.2 Å². The molecule has 7 heteroatoms. The summed E-state index contributed by atoms with van der Waals surface area (Å²) in [4.78, 5) is 6.70. The Morgan fingerprint density at radius 2 is 2.08 bits per heavy atom. The molecule has 1 aromatic carbocycles. The van der Waals surface area contributed by atoms with Gasteiger partial charge in [0.15, 0.2) is 5.96 Å². The number of halogens is 1. The van der Waals surface area contributed by atoms with Gasteiger partial charge in [0.25, 0.3) is 0 Å². The predicted octanol–water partition coefficient (Wildman–Crippen LogP) is 2.41. The summed E-state index contributed by atoms with van der Waals surface area (Å²) in [6.07, 6.45) is 1.99. The first-order valence-corrected chi connectivity index (χ1v) is 8.37. The number of nitrogens with one attached hydrogen (secondary N) is 1. The molecule has 0 aliphatic carbocycles. The van der Waals surface area contributed by atoms with Crippen LogP contribution in [0, 0.1) is 5.92 Å². The van der Waals surface area contributed by atoms with E-state index in [-0.39, 0.29) is 24.0 Å². The van der Waals surface area contributed by atoms with Crippen LogP contribution in [0.3, 0.4) is 0 Å². The first-order valence-electron chi connectivity index (χ1n) is 8.37. The van der Waals surface area contributed by atoms with Crippen LogP contribution in [0.4, 0.5) is 0 Å². The van der Waals surface area contributed by atoms with E-state index in [1.807, 2.05) is 25.2 Å². The minimum Gasteiger partial charge on any atom is -0.497 e. The van der Waals surface area contributed by atoms with E-state index in [9.17, 15) is 0 Å². The zero-order valence-corrected chi connectivity index (χ0v) is 17.9. The van der Waals surface area contributed by atoms with Gasteiger partial charge in [-0.25, -0.2) is 0 Å². The lowest BCUT2D eigenvalue weighted by Gasteiger charge is -2.22. The van der Waals surface area contributed by atoms with Gasteiger partial charge in [-0.3, -0.25) is 4.99 Å². The summed E-state index contributed by atoms with van der Waals surface area (Å²) in [7, 11) is 6.96. The molecule has 1 aliphatic heterocycles. The molecule has 142 valence electrons. The van der Waals surface area contributed by atoms with Crippen LogP contribution in [0.15, 0.2) is 23.2 Å². The molecule has 1 N–H and O–H groups in total. The Morgan fingerprint density at radius 3 is 2.72 bits per heavy atom. The molecule has 2 rings (SSSR count). The van der Waals surface area contributed by atoms with Crippen molar-refractivity contribution < 1.29 is 14.2 Å². The van der Waals surface area contributed by atoms with Crippen molar-refractivity contribution in [2.75, 3.05) is 54.6 Å². The van der Waals surface area contributed by atoms with E-state index in [0.29, 0.717) is 5.92 Å². The van der Waals surface area contributed by atoms with Crippen LogP contribution in [0.2, 0.25) is 0 Å². The van der Waals surface area contributed by atoms with Crippen LogP contribution >= 0.6 is 24.0 Å². The summed E-state index contributed by atoms with van der Waals surface area (Å²) in [6.45, 7) is 3.63. The molecule has 1 aromatic rings. The first kappa shape index (κ1) is 21.8. The van der Waals surface area contributed by atoms with Crippen molar-refractivity contribution >= 4 is 29.9 Å². The zero-order chi connectivity index (χ0) is 17.4. The second kappa shape index (κ2) is 11.4. The Balaban J connectivity index is 0.00000312. The molecule has 1 saturated heterocycles. The van der Waals surface area contributed by atoms with Gasteiger partial charge in [0, 0.05) is 39.7 Å². The SMILES string of the molecule is CN=C(NCCc1cc(OC)ccc1OC)N1CCC(COC)C1.I. The molecular weight excluding hydrogens is 433 g/mol. The first-order chi connectivity index (χ1) is 11.7. The fraction of sp³-hybridized carbons (Fsp3) is 0.611. The van der Waals surface area contributed by atoms with Crippen LogP contribution in [0.5, 0.6) is 11.5 Å². The Hall–Kier alpha value is -1.22. The molecule has 1 aliphatic rings. The summed E-state index contributed by atoms with van der Waals surface area (Å²) in [6, 6.07) is 5.88. The van der Waals surface area contributed by atoms with Crippen molar-refractivity contribution in [2.24, 2.45) is 10.9 Å². The Labute approximate surface area is 167 Å². The number of hydrogen-bond donors (Lipinski definition) is 1. The maximum absolute atomic E-state index is 5.43. The number of likely N-dealkylation sites (tertiary alicyclic amines) is 1. The third-order valence-electron chi connectivity index (χ3n) is 4.36.